The van der Waals surface area contributed by atoms with Crippen LogP contribution < -0.4 is 16.8 Å². The van der Waals surface area contributed by atoms with Gasteiger partial charge in [0, 0.05) is 13.2 Å². The number of ether oxygens (including phenoxy) is 1. The molecule has 216 valence electrons. The Bertz CT molecular complexity index is 811. The summed E-state index contributed by atoms with van der Waals surface area (Å²) in [5, 5.41) is 11.9. The lowest BCUT2D eigenvalue weighted by Gasteiger charge is -2.33. The van der Waals surface area contributed by atoms with Crippen molar-refractivity contribution in [2.45, 2.75) is 109 Å². The van der Waals surface area contributed by atoms with Crippen LogP contribution in [0.4, 0.5) is 4.79 Å². The zero-order chi connectivity index (χ0) is 28.2. The Morgan fingerprint density at radius 2 is 1.71 bits per heavy atom. The third-order valence-corrected chi connectivity index (χ3v) is 7.80. The van der Waals surface area contributed by atoms with Crippen molar-refractivity contribution >= 4 is 30.0 Å². The fraction of sp³-hybridized carbons (Fsp3) is 0.815. The molecule has 0 radical (unpaired) electrons. The minimum Gasteiger partial charge on any atom is -0.447 e. The number of nitrogens with one attached hydrogen (secondary N) is 1. The van der Waals surface area contributed by atoms with E-state index >= 15 is 0 Å². The molecule has 0 bridgehead atoms. The molecule has 0 aromatic carbocycles. The number of ketones is 1. The topological polar surface area (TPSA) is 182 Å². The predicted molar refractivity (Wildman–Crippen MR) is 141 cm³/mol. The largest absolute Gasteiger partial charge is 0.447 e. The van der Waals surface area contributed by atoms with Crippen LogP contribution >= 0.6 is 0 Å². The maximum Gasteiger partial charge on any atom is 0.408 e. The first kappa shape index (κ1) is 31.7. The minimum atomic E-state index is -0.915. The molecule has 0 aromatic heterocycles. The van der Waals surface area contributed by atoms with Gasteiger partial charge in [-0.2, -0.15) is 0 Å². The first-order valence-corrected chi connectivity index (χ1v) is 14.0. The van der Waals surface area contributed by atoms with Crippen LogP contribution in [0.5, 0.6) is 0 Å². The van der Waals surface area contributed by atoms with Crippen LogP contribution in [0.2, 0.25) is 0 Å². The Balaban J connectivity index is 0.000000352. The summed E-state index contributed by atoms with van der Waals surface area (Å²) in [5.74, 6) is -1.03. The van der Waals surface area contributed by atoms with Crippen LogP contribution in [0, 0.1) is 17.8 Å². The lowest BCUT2D eigenvalue weighted by atomic mass is 9.80. The predicted octanol–water partition coefficient (Wildman–Crippen LogP) is 1.43. The number of carbonyl (C=O) groups excluding carboxylic acids is 5. The molecule has 0 aromatic rings. The van der Waals surface area contributed by atoms with E-state index in [-0.39, 0.29) is 30.5 Å². The van der Waals surface area contributed by atoms with Crippen LogP contribution in [0.1, 0.15) is 84.5 Å². The number of aliphatic hydroxyl groups excluding tert-OH is 1. The maximum atomic E-state index is 13.2. The highest BCUT2D eigenvalue weighted by Crippen LogP contribution is 2.31. The number of nitrogens with two attached hydrogens (primary N) is 2. The van der Waals surface area contributed by atoms with Crippen LogP contribution in [0.3, 0.4) is 0 Å². The number of primary amides is 1. The van der Waals surface area contributed by atoms with Crippen molar-refractivity contribution in [3.05, 3.63) is 0 Å². The van der Waals surface area contributed by atoms with Crippen molar-refractivity contribution in [3.8, 4) is 0 Å². The van der Waals surface area contributed by atoms with Gasteiger partial charge in [0.2, 0.25) is 11.7 Å². The Labute approximate surface area is 225 Å². The highest BCUT2D eigenvalue weighted by molar-refractivity contribution is 6.37. The summed E-state index contributed by atoms with van der Waals surface area (Å²) in [6, 6.07) is -1.81. The van der Waals surface area contributed by atoms with Crippen molar-refractivity contribution in [1.82, 2.24) is 10.2 Å². The average Bonchev–Trinajstić information content (AvgIpc) is 3.27. The van der Waals surface area contributed by atoms with Gasteiger partial charge in [-0.25, -0.2) is 4.79 Å². The van der Waals surface area contributed by atoms with Crippen LogP contribution in [-0.4, -0.2) is 77.4 Å². The molecule has 4 atom stereocenters. The summed E-state index contributed by atoms with van der Waals surface area (Å²) in [5.41, 5.74) is 10.3. The molecule has 11 heteroatoms. The van der Waals surface area contributed by atoms with E-state index in [1.54, 1.807) is 18.7 Å². The zero-order valence-corrected chi connectivity index (χ0v) is 22.8. The quantitative estimate of drug-likeness (QED) is 0.225. The molecule has 3 aliphatic rings. The van der Waals surface area contributed by atoms with E-state index in [1.165, 1.54) is 6.42 Å². The first-order valence-electron chi connectivity index (χ1n) is 14.0. The number of carbonyl (C=O) groups is 5. The minimum absolute atomic E-state index is 0.0449. The third-order valence-electron chi connectivity index (χ3n) is 7.80. The van der Waals surface area contributed by atoms with Crippen molar-refractivity contribution in [1.29, 1.82) is 0 Å². The van der Waals surface area contributed by atoms with E-state index in [0.29, 0.717) is 31.7 Å². The number of aldehydes is 1. The summed E-state index contributed by atoms with van der Waals surface area (Å²) in [4.78, 5) is 59.8. The van der Waals surface area contributed by atoms with Gasteiger partial charge < -0.3 is 36.3 Å². The smallest absolute Gasteiger partial charge is 0.408 e. The number of Topliss-reactive ketones (excluding diaryl/α,β-unsaturated/α-hetero) is 1. The number of aliphatic hydroxyl groups is 1. The highest BCUT2D eigenvalue weighted by atomic mass is 16.6. The van der Waals surface area contributed by atoms with Gasteiger partial charge in [-0.15, -0.1) is 0 Å². The maximum absolute atomic E-state index is 13.2. The molecule has 1 saturated heterocycles. The van der Waals surface area contributed by atoms with Gasteiger partial charge in [-0.1, -0.05) is 38.5 Å². The van der Waals surface area contributed by atoms with Crippen molar-refractivity contribution in [3.63, 3.8) is 0 Å². The number of hydrogen-bond acceptors (Lipinski definition) is 8. The Morgan fingerprint density at radius 1 is 1.05 bits per heavy atom. The van der Waals surface area contributed by atoms with E-state index in [9.17, 15) is 24.0 Å². The number of nitrogens with zero attached hydrogens (tertiary/aromatic N) is 1. The van der Waals surface area contributed by atoms with Gasteiger partial charge in [-0.3, -0.25) is 14.4 Å². The van der Waals surface area contributed by atoms with E-state index in [0.717, 1.165) is 51.2 Å². The van der Waals surface area contributed by atoms with Crippen molar-refractivity contribution in [2.24, 2.45) is 29.2 Å². The Kier molecular flexibility index (Phi) is 13.2. The van der Waals surface area contributed by atoms with Crippen LogP contribution in [-0.2, 0) is 23.9 Å². The van der Waals surface area contributed by atoms with E-state index in [4.69, 9.17) is 21.3 Å². The Hall–Kier alpha value is -2.53. The summed E-state index contributed by atoms with van der Waals surface area (Å²) in [7, 11) is 0. The molecule has 3 rings (SSSR count). The summed E-state index contributed by atoms with van der Waals surface area (Å²) in [6.45, 7) is 4.02. The molecule has 1 heterocycles. The number of hydrogen-bond donors (Lipinski definition) is 4. The van der Waals surface area contributed by atoms with Gasteiger partial charge in [0.25, 0.3) is 5.91 Å². The van der Waals surface area contributed by atoms with E-state index in [1.807, 2.05) is 0 Å². The molecule has 38 heavy (non-hydrogen) atoms. The molecular weight excluding hydrogens is 492 g/mol. The normalized spacial score (nSPS) is 23.4. The highest BCUT2D eigenvalue weighted by Gasteiger charge is 2.41. The number of rotatable bonds is 11. The fourth-order valence-electron chi connectivity index (χ4n) is 5.51. The second kappa shape index (κ2) is 15.8. The zero-order valence-electron chi connectivity index (χ0n) is 22.8. The number of amides is 3. The second-order valence-corrected chi connectivity index (χ2v) is 11.1. The molecule has 3 fully saturated rings. The summed E-state index contributed by atoms with van der Waals surface area (Å²) in [6.07, 6.45) is 10.2. The average molecular weight is 539 g/mol. The van der Waals surface area contributed by atoms with Crippen molar-refractivity contribution in [2.75, 3.05) is 13.2 Å². The molecule has 3 amide bonds. The third kappa shape index (κ3) is 9.65. The van der Waals surface area contributed by atoms with Gasteiger partial charge in [0.1, 0.15) is 12.3 Å². The van der Waals surface area contributed by atoms with Crippen molar-refractivity contribution < 1.29 is 33.8 Å². The second-order valence-electron chi connectivity index (χ2n) is 11.1. The van der Waals surface area contributed by atoms with Crippen LogP contribution in [0.15, 0.2) is 0 Å². The standard InChI is InChI=1S/C19H32N2O5.C8H14N2O2/c1-13(2)26-19(25)20-17(15-6-4-3-5-7-15)18(24)21-11-14(8-9-22)10-16(21)12-23;9-6(7(11)8(10)12)4-5-2-1-3-5/h12-17,22H,3-11H2,1-2H3,(H,20,25);5-6H,1-4,9H2,(H2,10,12)/t14-,16?,17?;/m1./s1. The van der Waals surface area contributed by atoms with Gasteiger partial charge >= 0.3 is 6.09 Å². The number of alkyl carbamates (subject to hydrolysis) is 1. The van der Waals surface area contributed by atoms with E-state index < -0.39 is 35.9 Å². The molecule has 3 unspecified atom stereocenters. The van der Waals surface area contributed by atoms with Gasteiger partial charge in [-0.05, 0) is 63.7 Å². The molecule has 2 saturated carbocycles. The Morgan fingerprint density at radius 3 is 2.21 bits per heavy atom. The molecule has 1 aliphatic heterocycles. The lowest BCUT2D eigenvalue weighted by molar-refractivity contribution is -0.138. The molecular formula is C27H46N4O7. The first-order chi connectivity index (χ1) is 18.1. The van der Waals surface area contributed by atoms with Crippen LogP contribution in [0.25, 0.3) is 0 Å². The van der Waals surface area contributed by atoms with Gasteiger partial charge in [0.05, 0.1) is 18.2 Å². The summed E-state index contributed by atoms with van der Waals surface area (Å²) >= 11 is 0. The molecule has 11 nitrogen and oxygen atoms in total. The number of likely N-dealkylation sites (tertiary alicyclic amines) is 1. The SMILES string of the molecule is CC(C)OC(=O)NC(C(=O)N1C[C@H](CCO)CC1C=O)C1CCCCC1.NC(=O)C(=O)C(N)CC1CCC1. The molecule has 2 aliphatic carbocycles. The van der Waals surface area contributed by atoms with Gasteiger partial charge in [0.15, 0.2) is 0 Å². The lowest BCUT2D eigenvalue weighted by Crippen LogP contribution is -2.54. The molecule has 0 spiro atoms. The monoisotopic (exact) mass is 538 g/mol. The summed E-state index contributed by atoms with van der Waals surface area (Å²) < 4.78 is 5.17. The molecule has 6 N–H and O–H groups in total. The fourth-order valence-corrected chi connectivity index (χ4v) is 5.51. The van der Waals surface area contributed by atoms with E-state index in [2.05, 4.69) is 5.32 Å².